The minimum absolute atomic E-state index is 0.212. The number of ether oxygens (including phenoxy) is 1. The fourth-order valence-electron chi connectivity index (χ4n) is 3.78. The zero-order chi connectivity index (χ0) is 24.2. The number of aromatic nitrogens is 4. The molecule has 0 bridgehead atoms. The van der Waals surface area contributed by atoms with Gasteiger partial charge in [0.1, 0.15) is 11.6 Å². The maximum absolute atomic E-state index is 15.0. The van der Waals surface area contributed by atoms with E-state index < -0.39 is 5.82 Å². The number of morpholine rings is 1. The molecule has 1 saturated heterocycles. The fourth-order valence-corrected chi connectivity index (χ4v) is 3.78. The molecule has 1 aliphatic rings. The third-order valence-corrected chi connectivity index (χ3v) is 5.51. The Morgan fingerprint density at radius 2 is 1.91 bits per heavy atom. The number of amides is 1. The average molecular weight is 471 g/mol. The summed E-state index contributed by atoms with van der Waals surface area (Å²) in [5.74, 6) is 0.305. The van der Waals surface area contributed by atoms with Crippen molar-refractivity contribution >= 4 is 40.0 Å². The van der Waals surface area contributed by atoms with Crippen LogP contribution in [0, 0.1) is 5.82 Å². The van der Waals surface area contributed by atoms with Crippen LogP contribution in [0.2, 0.25) is 0 Å². The van der Waals surface area contributed by atoms with Gasteiger partial charge in [0.2, 0.25) is 11.9 Å². The number of nitrogens with zero attached hydrogens (tertiary/aromatic N) is 5. The largest absolute Gasteiger partial charge is 0.378 e. The topological polar surface area (TPSA) is 105 Å². The summed E-state index contributed by atoms with van der Waals surface area (Å²) in [4.78, 5) is 31.6. The number of rotatable bonds is 6. The molecule has 35 heavy (non-hydrogen) atoms. The van der Waals surface area contributed by atoms with Crippen molar-refractivity contribution in [2.45, 2.75) is 0 Å². The van der Waals surface area contributed by atoms with Gasteiger partial charge in [-0.05, 0) is 42.5 Å². The van der Waals surface area contributed by atoms with E-state index in [4.69, 9.17) is 4.74 Å². The lowest BCUT2D eigenvalue weighted by molar-refractivity contribution is -0.111. The third-order valence-electron chi connectivity index (χ3n) is 5.51. The van der Waals surface area contributed by atoms with Crippen LogP contribution in [-0.2, 0) is 9.53 Å². The molecule has 3 aromatic heterocycles. The molecule has 9 nitrogen and oxygen atoms in total. The molecule has 0 aliphatic carbocycles. The number of anilines is 4. The van der Waals surface area contributed by atoms with Gasteiger partial charge in [0, 0.05) is 36.6 Å². The van der Waals surface area contributed by atoms with Gasteiger partial charge in [-0.25, -0.2) is 19.3 Å². The van der Waals surface area contributed by atoms with Crippen LogP contribution in [-0.4, -0.2) is 52.1 Å². The first-order chi connectivity index (χ1) is 17.1. The molecular weight excluding hydrogens is 449 g/mol. The molecule has 4 heterocycles. The van der Waals surface area contributed by atoms with Crippen molar-refractivity contribution in [1.29, 1.82) is 0 Å². The van der Waals surface area contributed by atoms with Crippen molar-refractivity contribution in [2.24, 2.45) is 0 Å². The molecule has 4 aromatic rings. The summed E-state index contributed by atoms with van der Waals surface area (Å²) in [5.41, 5.74) is 2.10. The lowest BCUT2D eigenvalue weighted by Crippen LogP contribution is -2.36. The van der Waals surface area contributed by atoms with E-state index in [0.717, 1.165) is 25.0 Å². The number of pyridine rings is 2. The van der Waals surface area contributed by atoms with Gasteiger partial charge in [-0.15, -0.1) is 0 Å². The van der Waals surface area contributed by atoms with E-state index in [2.05, 4.69) is 42.0 Å². The Morgan fingerprint density at radius 1 is 1.06 bits per heavy atom. The van der Waals surface area contributed by atoms with Crippen molar-refractivity contribution in [1.82, 2.24) is 19.9 Å². The number of nitrogens with one attached hydrogen (secondary N) is 2. The summed E-state index contributed by atoms with van der Waals surface area (Å²) in [5, 5.41) is 6.44. The van der Waals surface area contributed by atoms with Gasteiger partial charge in [0.25, 0.3) is 0 Å². The van der Waals surface area contributed by atoms with Gasteiger partial charge in [-0.1, -0.05) is 6.58 Å². The lowest BCUT2D eigenvalue weighted by atomic mass is 10.1. The highest BCUT2D eigenvalue weighted by molar-refractivity contribution is 6.00. The summed E-state index contributed by atoms with van der Waals surface area (Å²) < 4.78 is 20.4. The summed E-state index contributed by atoms with van der Waals surface area (Å²) in [6, 6.07) is 9.98. The molecule has 1 aromatic carbocycles. The zero-order valence-corrected chi connectivity index (χ0v) is 18.7. The first kappa shape index (κ1) is 22.4. The second-order valence-corrected chi connectivity index (χ2v) is 7.81. The van der Waals surface area contributed by atoms with E-state index >= 15 is 0 Å². The summed E-state index contributed by atoms with van der Waals surface area (Å²) >= 11 is 0. The molecule has 0 saturated carbocycles. The Balaban J connectivity index is 1.45. The van der Waals surface area contributed by atoms with Crippen molar-refractivity contribution in [3.63, 3.8) is 0 Å². The van der Waals surface area contributed by atoms with Crippen LogP contribution in [0.4, 0.5) is 27.5 Å². The molecular formula is C25H22FN7O2. The maximum Gasteiger partial charge on any atom is 0.247 e. The van der Waals surface area contributed by atoms with Crippen LogP contribution in [0.5, 0.6) is 0 Å². The number of benzene rings is 1. The standard InChI is InChI=1S/C25H22FN7O2/c1-2-22(34)30-17-7-8-27-20(13-17)23-19(26)5-3-16-14-29-25(32-24(16)23)31-18-4-6-21(28-15-18)33-9-11-35-12-10-33/h2-8,13-15H,1,9-12H2,(H,27,30,34)(H,29,31,32). The van der Waals surface area contributed by atoms with Gasteiger partial charge in [-0.2, -0.15) is 0 Å². The molecule has 1 aliphatic heterocycles. The predicted octanol–water partition coefficient (Wildman–Crippen LogP) is 3.93. The molecule has 2 N–H and O–H groups in total. The van der Waals surface area contributed by atoms with Crippen LogP contribution < -0.4 is 15.5 Å². The SMILES string of the molecule is C=CC(=O)Nc1ccnc(-c2c(F)ccc3cnc(Nc4ccc(N5CCOCC5)nc4)nc23)c1. The Morgan fingerprint density at radius 3 is 2.69 bits per heavy atom. The van der Waals surface area contributed by atoms with Crippen LogP contribution in [0.1, 0.15) is 0 Å². The summed E-state index contributed by atoms with van der Waals surface area (Å²) in [6.07, 6.45) is 5.98. The zero-order valence-electron chi connectivity index (χ0n) is 18.7. The van der Waals surface area contributed by atoms with E-state index in [1.54, 1.807) is 30.6 Å². The van der Waals surface area contributed by atoms with Gasteiger partial charge in [0.05, 0.1) is 41.9 Å². The maximum atomic E-state index is 15.0. The van der Waals surface area contributed by atoms with Crippen molar-refractivity contribution < 1.29 is 13.9 Å². The summed E-state index contributed by atoms with van der Waals surface area (Å²) in [6.45, 7) is 6.41. The average Bonchev–Trinajstić information content (AvgIpc) is 2.89. The third kappa shape index (κ3) is 4.92. The van der Waals surface area contributed by atoms with E-state index in [-0.39, 0.29) is 11.5 Å². The summed E-state index contributed by atoms with van der Waals surface area (Å²) in [7, 11) is 0. The quantitative estimate of drug-likeness (QED) is 0.408. The first-order valence-electron chi connectivity index (χ1n) is 11.0. The smallest absolute Gasteiger partial charge is 0.247 e. The van der Waals surface area contributed by atoms with Gasteiger partial charge in [-0.3, -0.25) is 9.78 Å². The van der Waals surface area contributed by atoms with Gasteiger partial charge >= 0.3 is 0 Å². The lowest BCUT2D eigenvalue weighted by Gasteiger charge is -2.27. The fraction of sp³-hybridized carbons (Fsp3) is 0.160. The number of hydrogen-bond donors (Lipinski definition) is 2. The molecule has 0 atom stereocenters. The monoisotopic (exact) mass is 471 g/mol. The van der Waals surface area contributed by atoms with E-state index in [9.17, 15) is 9.18 Å². The Labute approximate surface area is 200 Å². The Bertz CT molecular complexity index is 1390. The molecule has 0 spiro atoms. The van der Waals surface area contributed by atoms with E-state index in [0.29, 0.717) is 47.1 Å². The van der Waals surface area contributed by atoms with Crippen LogP contribution >= 0.6 is 0 Å². The second kappa shape index (κ2) is 9.82. The first-order valence-corrected chi connectivity index (χ1v) is 11.0. The molecule has 0 unspecified atom stereocenters. The van der Waals surface area contributed by atoms with E-state index in [1.807, 2.05) is 12.1 Å². The number of fused-ring (bicyclic) bond motifs is 1. The number of carbonyl (C=O) groups excluding carboxylic acids is 1. The normalized spacial score (nSPS) is 13.5. The number of hydrogen-bond acceptors (Lipinski definition) is 8. The van der Waals surface area contributed by atoms with Crippen LogP contribution in [0.25, 0.3) is 22.2 Å². The van der Waals surface area contributed by atoms with Crippen molar-refractivity contribution in [2.75, 3.05) is 41.8 Å². The number of carbonyl (C=O) groups is 1. The number of halogens is 1. The second-order valence-electron chi connectivity index (χ2n) is 7.81. The minimum atomic E-state index is -0.488. The highest BCUT2D eigenvalue weighted by Gasteiger charge is 2.16. The van der Waals surface area contributed by atoms with Crippen molar-refractivity contribution in [3.05, 3.63) is 73.5 Å². The van der Waals surface area contributed by atoms with Gasteiger partial charge in [0.15, 0.2) is 0 Å². The Hall–Kier alpha value is -4.44. The van der Waals surface area contributed by atoms with Crippen LogP contribution in [0.3, 0.4) is 0 Å². The van der Waals surface area contributed by atoms with Gasteiger partial charge < -0.3 is 20.3 Å². The molecule has 1 fully saturated rings. The van der Waals surface area contributed by atoms with Crippen molar-refractivity contribution in [3.8, 4) is 11.3 Å². The molecule has 10 heteroatoms. The highest BCUT2D eigenvalue weighted by Crippen LogP contribution is 2.31. The molecule has 176 valence electrons. The Kier molecular flexibility index (Phi) is 6.27. The molecule has 1 amide bonds. The minimum Gasteiger partial charge on any atom is -0.378 e. The van der Waals surface area contributed by atoms with E-state index in [1.165, 1.54) is 12.3 Å². The molecule has 0 radical (unpaired) electrons. The molecule has 5 rings (SSSR count). The highest BCUT2D eigenvalue weighted by atomic mass is 19.1. The van der Waals surface area contributed by atoms with Crippen LogP contribution in [0.15, 0.2) is 67.6 Å². The predicted molar refractivity (Wildman–Crippen MR) is 132 cm³/mol.